The number of fused-ring (bicyclic) bond motifs is 2. The second-order valence-corrected chi connectivity index (χ2v) is 6.82. The average Bonchev–Trinajstić information content (AvgIpc) is 2.65. The van der Waals surface area contributed by atoms with Gasteiger partial charge >= 0.3 is 0 Å². The summed E-state index contributed by atoms with van der Waals surface area (Å²) in [6, 6.07) is 12.5. The topological polar surface area (TPSA) is 74.8 Å². The third-order valence-electron chi connectivity index (χ3n) is 4.58. The number of carbonyl (C=O) groups is 1. The number of anilines is 1. The van der Waals surface area contributed by atoms with Gasteiger partial charge in [-0.25, -0.2) is 0 Å². The molecule has 0 spiro atoms. The van der Waals surface area contributed by atoms with Crippen LogP contribution in [0.25, 0.3) is 21.8 Å². The number of aromatic nitrogens is 2. The van der Waals surface area contributed by atoms with E-state index >= 15 is 0 Å². The fourth-order valence-electron chi connectivity index (χ4n) is 3.16. The zero-order valence-corrected chi connectivity index (χ0v) is 15.5. The van der Waals surface area contributed by atoms with Gasteiger partial charge in [0, 0.05) is 33.2 Å². The van der Waals surface area contributed by atoms with E-state index in [9.17, 15) is 9.59 Å². The monoisotopic (exact) mass is 377 g/mol. The van der Waals surface area contributed by atoms with Crippen molar-refractivity contribution in [3.8, 4) is 0 Å². The summed E-state index contributed by atoms with van der Waals surface area (Å²) in [5, 5.41) is 4.71. The molecule has 2 aromatic heterocycles. The molecule has 0 atom stereocenters. The fraction of sp³-hybridized carbons (Fsp3) is 0.0952. The molecule has 0 unspecified atom stereocenters. The zero-order valence-electron chi connectivity index (χ0n) is 14.8. The predicted octanol–water partition coefficient (Wildman–Crippen LogP) is 4.60. The van der Waals surface area contributed by atoms with Gasteiger partial charge in [0.1, 0.15) is 5.56 Å². The van der Waals surface area contributed by atoms with Crippen LogP contribution in [0.5, 0.6) is 0 Å². The quantitative estimate of drug-likeness (QED) is 0.536. The number of hydrogen-bond acceptors (Lipinski definition) is 3. The van der Waals surface area contributed by atoms with Gasteiger partial charge in [-0.2, -0.15) is 0 Å². The number of carbonyl (C=O) groups excluding carboxylic acids is 1. The van der Waals surface area contributed by atoms with Crippen molar-refractivity contribution in [2.24, 2.45) is 0 Å². The highest BCUT2D eigenvalue weighted by Gasteiger charge is 2.16. The van der Waals surface area contributed by atoms with Crippen LogP contribution in [0.1, 0.15) is 21.6 Å². The molecule has 0 aliphatic rings. The van der Waals surface area contributed by atoms with Crippen LogP contribution in [0.2, 0.25) is 5.02 Å². The SMILES string of the molecule is Cc1cc(NC(=O)c2c[nH]c3ccccc3c2=O)c2ccc(Cl)c(C)c2n1. The number of aryl methyl sites for hydroxylation is 2. The lowest BCUT2D eigenvalue weighted by Gasteiger charge is -2.12. The summed E-state index contributed by atoms with van der Waals surface area (Å²) in [5.41, 5.74) is 3.35. The Morgan fingerprint density at radius 3 is 2.70 bits per heavy atom. The number of pyridine rings is 2. The summed E-state index contributed by atoms with van der Waals surface area (Å²) < 4.78 is 0. The van der Waals surface area contributed by atoms with Crippen LogP contribution in [0.15, 0.2) is 53.5 Å². The number of nitrogens with zero attached hydrogens (tertiary/aromatic N) is 1. The Labute approximate surface area is 160 Å². The van der Waals surface area contributed by atoms with Gasteiger partial charge in [-0.1, -0.05) is 23.7 Å². The van der Waals surface area contributed by atoms with E-state index in [1.807, 2.05) is 26.0 Å². The second-order valence-electron chi connectivity index (χ2n) is 6.41. The first-order valence-corrected chi connectivity index (χ1v) is 8.82. The first-order valence-electron chi connectivity index (χ1n) is 8.44. The van der Waals surface area contributed by atoms with Crippen molar-refractivity contribution in [3.63, 3.8) is 0 Å². The molecule has 2 N–H and O–H groups in total. The highest BCUT2D eigenvalue weighted by atomic mass is 35.5. The lowest BCUT2D eigenvalue weighted by Crippen LogP contribution is -2.22. The maximum Gasteiger partial charge on any atom is 0.261 e. The van der Waals surface area contributed by atoms with Gasteiger partial charge in [0.05, 0.1) is 11.2 Å². The van der Waals surface area contributed by atoms with Crippen LogP contribution in [-0.2, 0) is 0 Å². The van der Waals surface area contributed by atoms with E-state index < -0.39 is 5.91 Å². The number of aromatic amines is 1. The molecule has 0 radical (unpaired) electrons. The molecule has 4 aromatic rings. The van der Waals surface area contributed by atoms with E-state index in [-0.39, 0.29) is 11.0 Å². The van der Waals surface area contributed by atoms with Gasteiger partial charge < -0.3 is 10.3 Å². The molecule has 134 valence electrons. The molecule has 0 aliphatic carbocycles. The van der Waals surface area contributed by atoms with E-state index in [1.165, 1.54) is 6.20 Å². The highest BCUT2D eigenvalue weighted by Crippen LogP contribution is 2.29. The number of hydrogen-bond donors (Lipinski definition) is 2. The summed E-state index contributed by atoms with van der Waals surface area (Å²) in [6.07, 6.45) is 1.44. The van der Waals surface area contributed by atoms with Crippen LogP contribution < -0.4 is 10.7 Å². The Kier molecular flexibility index (Phi) is 4.16. The van der Waals surface area contributed by atoms with Gasteiger partial charge in [0.2, 0.25) is 5.43 Å². The first kappa shape index (κ1) is 17.2. The highest BCUT2D eigenvalue weighted by molar-refractivity contribution is 6.32. The van der Waals surface area contributed by atoms with Crippen molar-refractivity contribution in [1.29, 1.82) is 0 Å². The molecular weight excluding hydrogens is 362 g/mol. The van der Waals surface area contributed by atoms with Crippen molar-refractivity contribution in [3.05, 3.63) is 80.7 Å². The molecule has 0 saturated carbocycles. The van der Waals surface area contributed by atoms with Crippen molar-refractivity contribution >= 4 is 45.0 Å². The summed E-state index contributed by atoms with van der Waals surface area (Å²) in [6.45, 7) is 3.73. The Hall–Kier alpha value is -3.18. The molecule has 0 saturated heterocycles. The molecule has 2 aromatic carbocycles. The Bertz CT molecular complexity index is 1280. The number of nitrogens with one attached hydrogen (secondary N) is 2. The van der Waals surface area contributed by atoms with Gasteiger partial charge in [0.25, 0.3) is 5.91 Å². The Morgan fingerprint density at radius 2 is 1.89 bits per heavy atom. The summed E-state index contributed by atoms with van der Waals surface area (Å²) >= 11 is 6.20. The van der Waals surface area contributed by atoms with Gasteiger partial charge in [-0.3, -0.25) is 14.6 Å². The normalized spacial score (nSPS) is 11.1. The summed E-state index contributed by atoms with van der Waals surface area (Å²) in [4.78, 5) is 33.0. The molecule has 1 amide bonds. The smallest absolute Gasteiger partial charge is 0.261 e. The van der Waals surface area contributed by atoms with Crippen LogP contribution in [0, 0.1) is 13.8 Å². The van der Waals surface area contributed by atoms with Crippen molar-refractivity contribution in [1.82, 2.24) is 9.97 Å². The molecule has 4 rings (SSSR count). The summed E-state index contributed by atoms with van der Waals surface area (Å²) in [5.74, 6) is -0.471. The van der Waals surface area contributed by atoms with Gasteiger partial charge in [0.15, 0.2) is 0 Å². The minimum Gasteiger partial charge on any atom is -0.360 e. The van der Waals surface area contributed by atoms with Crippen LogP contribution in [0.4, 0.5) is 5.69 Å². The van der Waals surface area contributed by atoms with E-state index in [0.717, 1.165) is 22.2 Å². The third kappa shape index (κ3) is 2.96. The fourth-order valence-corrected chi connectivity index (χ4v) is 3.31. The molecule has 5 nitrogen and oxygen atoms in total. The molecule has 27 heavy (non-hydrogen) atoms. The third-order valence-corrected chi connectivity index (χ3v) is 4.99. The number of amides is 1. The number of benzene rings is 2. The van der Waals surface area contributed by atoms with Crippen molar-refractivity contribution in [2.45, 2.75) is 13.8 Å². The maximum absolute atomic E-state index is 12.8. The molecule has 0 fully saturated rings. The maximum atomic E-state index is 12.8. The molecule has 0 aliphatic heterocycles. The van der Waals surface area contributed by atoms with E-state index in [0.29, 0.717) is 21.6 Å². The number of para-hydroxylation sites is 1. The molecule has 0 bridgehead atoms. The molecular formula is C21H16ClN3O2. The summed E-state index contributed by atoms with van der Waals surface area (Å²) in [7, 11) is 0. The largest absolute Gasteiger partial charge is 0.360 e. The first-order chi connectivity index (χ1) is 13.0. The minimum atomic E-state index is -0.471. The standard InChI is InChI=1S/C21H16ClN3O2/c1-11-9-18(13-7-8-16(22)12(2)19(13)24-11)25-21(27)15-10-23-17-6-4-3-5-14(17)20(15)26/h3-10H,1-2H3,(H,23,26)(H,24,25,27). The molecule has 2 heterocycles. The van der Waals surface area contributed by atoms with Gasteiger partial charge in [-0.05, 0) is 49.7 Å². The van der Waals surface area contributed by atoms with Gasteiger partial charge in [-0.15, -0.1) is 0 Å². The van der Waals surface area contributed by atoms with Crippen LogP contribution in [0.3, 0.4) is 0 Å². The number of halogens is 1. The van der Waals surface area contributed by atoms with Crippen molar-refractivity contribution < 1.29 is 4.79 Å². The van der Waals surface area contributed by atoms with E-state index in [2.05, 4.69) is 15.3 Å². The van der Waals surface area contributed by atoms with E-state index in [1.54, 1.807) is 30.3 Å². The lowest BCUT2D eigenvalue weighted by molar-refractivity contribution is 0.102. The van der Waals surface area contributed by atoms with Crippen molar-refractivity contribution in [2.75, 3.05) is 5.32 Å². The number of rotatable bonds is 2. The van der Waals surface area contributed by atoms with Crippen LogP contribution in [-0.4, -0.2) is 15.9 Å². The minimum absolute atomic E-state index is 0.0574. The lowest BCUT2D eigenvalue weighted by atomic mass is 10.1. The second kappa shape index (κ2) is 6.52. The Balaban J connectivity index is 1.81. The average molecular weight is 378 g/mol. The molecule has 6 heteroatoms. The Morgan fingerprint density at radius 1 is 1.11 bits per heavy atom. The predicted molar refractivity (Wildman–Crippen MR) is 109 cm³/mol. The zero-order chi connectivity index (χ0) is 19.1. The number of H-pyrrole nitrogens is 1. The van der Waals surface area contributed by atoms with E-state index in [4.69, 9.17) is 11.6 Å². The van der Waals surface area contributed by atoms with Crippen LogP contribution >= 0.6 is 11.6 Å².